The van der Waals surface area contributed by atoms with Crippen molar-refractivity contribution < 1.29 is 8.42 Å². The highest BCUT2D eigenvalue weighted by atomic mass is 79.9. The van der Waals surface area contributed by atoms with E-state index in [0.717, 1.165) is 9.35 Å². The average Bonchev–Trinajstić information content (AvgIpc) is 2.72. The number of rotatable bonds is 4. The average molecular weight is 519 g/mol. The normalized spacial score (nSPS) is 12.0. The molecule has 1 heterocycles. The van der Waals surface area contributed by atoms with E-state index in [-0.39, 0.29) is 4.90 Å². The van der Waals surface area contributed by atoms with Crippen LogP contribution in [0.1, 0.15) is 5.56 Å². The number of thiophene rings is 1. The van der Waals surface area contributed by atoms with Crippen LogP contribution in [0.15, 0.2) is 41.2 Å². The Morgan fingerprint density at radius 1 is 1.19 bits per heavy atom. The van der Waals surface area contributed by atoms with E-state index in [1.165, 1.54) is 15.6 Å². The highest BCUT2D eigenvalue weighted by Crippen LogP contribution is 2.34. The van der Waals surface area contributed by atoms with Crippen molar-refractivity contribution >= 4 is 74.8 Å². The third-order valence-corrected chi connectivity index (χ3v) is 7.95. The Hall–Kier alpha value is 0.0700. The Labute approximate surface area is 152 Å². The van der Waals surface area contributed by atoms with E-state index in [1.54, 1.807) is 19.2 Å². The van der Waals surface area contributed by atoms with Crippen LogP contribution >= 0.6 is 59.1 Å². The lowest BCUT2D eigenvalue weighted by Gasteiger charge is -2.19. The van der Waals surface area contributed by atoms with Gasteiger partial charge in [-0.15, -0.1) is 11.3 Å². The third-order valence-electron chi connectivity index (χ3n) is 2.72. The molecule has 0 fully saturated rings. The Balaban J connectivity index is 2.38. The van der Waals surface area contributed by atoms with Gasteiger partial charge in [-0.25, -0.2) is 8.42 Å². The Kier molecular flexibility index (Phi) is 5.54. The molecule has 0 saturated heterocycles. The van der Waals surface area contributed by atoms with Crippen molar-refractivity contribution in [3.8, 4) is 0 Å². The van der Waals surface area contributed by atoms with Crippen LogP contribution in [0.25, 0.3) is 0 Å². The molecule has 1 aromatic carbocycles. The Morgan fingerprint density at radius 2 is 1.76 bits per heavy atom. The summed E-state index contributed by atoms with van der Waals surface area (Å²) in [6, 6.07) is 5.06. The summed E-state index contributed by atoms with van der Waals surface area (Å²) in [4.78, 5) is 0.175. The third kappa shape index (κ3) is 3.89. The number of halogens is 3. The number of benzene rings is 1. The van der Waals surface area contributed by atoms with Gasteiger partial charge in [0, 0.05) is 28.2 Å². The van der Waals surface area contributed by atoms with Crippen LogP contribution in [-0.2, 0) is 16.6 Å². The number of nitrogens with zero attached hydrogens (tertiary/aromatic N) is 1. The van der Waals surface area contributed by atoms with Crippen LogP contribution in [0.4, 0.5) is 5.69 Å². The maximum Gasteiger partial charge on any atom is 0.245 e. The van der Waals surface area contributed by atoms with Gasteiger partial charge in [0.25, 0.3) is 0 Å². The van der Waals surface area contributed by atoms with Crippen molar-refractivity contribution in [3.05, 3.63) is 41.9 Å². The van der Waals surface area contributed by atoms with Crippen LogP contribution in [0.5, 0.6) is 0 Å². The monoisotopic (exact) mass is 516 g/mol. The second-order valence-electron chi connectivity index (χ2n) is 4.33. The van der Waals surface area contributed by atoms with Gasteiger partial charge in [-0.05, 0) is 76.9 Å². The van der Waals surface area contributed by atoms with Crippen molar-refractivity contribution in [1.29, 1.82) is 0 Å². The molecule has 114 valence electrons. The molecular weight excluding hydrogens is 508 g/mol. The van der Waals surface area contributed by atoms with E-state index in [0.29, 0.717) is 21.2 Å². The quantitative estimate of drug-likeness (QED) is 0.609. The summed E-state index contributed by atoms with van der Waals surface area (Å²) >= 11 is 11.4. The summed E-state index contributed by atoms with van der Waals surface area (Å²) in [7, 11) is -2.08. The lowest BCUT2D eigenvalue weighted by atomic mass is 10.3. The fourth-order valence-electron chi connectivity index (χ4n) is 1.75. The molecule has 0 amide bonds. The van der Waals surface area contributed by atoms with Gasteiger partial charge in [-0.3, -0.25) is 0 Å². The summed E-state index contributed by atoms with van der Waals surface area (Å²) < 4.78 is 28.6. The van der Waals surface area contributed by atoms with Crippen molar-refractivity contribution in [2.75, 3.05) is 12.8 Å². The zero-order chi connectivity index (χ0) is 15.8. The molecule has 0 saturated carbocycles. The summed E-state index contributed by atoms with van der Waals surface area (Å²) in [5, 5.41) is 1.92. The first-order valence-electron chi connectivity index (χ1n) is 5.65. The SMILES string of the molecule is CN(Cc1csc(Br)c1)S(=O)(=O)c1c(Br)cc(N)cc1Br. The minimum Gasteiger partial charge on any atom is -0.399 e. The van der Waals surface area contributed by atoms with Crippen LogP contribution in [0.2, 0.25) is 0 Å². The second kappa shape index (κ2) is 6.67. The molecular formula is C12H11Br3N2O2S2. The molecule has 2 aromatic rings. The lowest BCUT2D eigenvalue weighted by Crippen LogP contribution is -2.27. The van der Waals surface area contributed by atoms with Gasteiger partial charge in [0.2, 0.25) is 10.0 Å². The zero-order valence-electron chi connectivity index (χ0n) is 10.8. The van der Waals surface area contributed by atoms with Crippen LogP contribution < -0.4 is 5.73 Å². The number of nitrogen functional groups attached to an aromatic ring is 1. The molecule has 21 heavy (non-hydrogen) atoms. The number of sulfonamides is 1. The lowest BCUT2D eigenvalue weighted by molar-refractivity contribution is 0.466. The predicted molar refractivity (Wildman–Crippen MR) is 96.9 cm³/mol. The van der Waals surface area contributed by atoms with Gasteiger partial charge < -0.3 is 5.73 Å². The minimum absolute atomic E-state index is 0.175. The smallest absolute Gasteiger partial charge is 0.245 e. The summed E-state index contributed by atoms with van der Waals surface area (Å²) in [6.07, 6.45) is 0. The first kappa shape index (κ1) is 17.4. The fourth-order valence-corrected chi connectivity index (χ4v) is 6.64. The first-order valence-corrected chi connectivity index (χ1v) is 10.4. The highest BCUT2D eigenvalue weighted by Gasteiger charge is 2.26. The van der Waals surface area contributed by atoms with Gasteiger partial charge in [0.1, 0.15) is 4.90 Å². The number of anilines is 1. The van der Waals surface area contributed by atoms with Gasteiger partial charge in [-0.2, -0.15) is 4.31 Å². The summed E-state index contributed by atoms with van der Waals surface area (Å²) in [5.41, 5.74) is 7.12. The summed E-state index contributed by atoms with van der Waals surface area (Å²) in [5.74, 6) is 0. The van der Waals surface area contributed by atoms with Crippen molar-refractivity contribution in [2.24, 2.45) is 0 Å². The van der Waals surface area contributed by atoms with Gasteiger partial charge in [-0.1, -0.05) is 0 Å². The summed E-state index contributed by atoms with van der Waals surface area (Å²) in [6.45, 7) is 0.299. The second-order valence-corrected chi connectivity index (χ2v) is 10.3. The zero-order valence-corrected chi connectivity index (χ0v) is 17.2. The molecule has 0 unspecified atom stereocenters. The maximum atomic E-state index is 12.7. The standard InChI is InChI=1S/C12H11Br3N2O2S2/c1-17(5-7-2-11(15)20-6-7)21(18,19)12-9(13)3-8(16)4-10(12)14/h2-4,6H,5,16H2,1H3. The van der Waals surface area contributed by atoms with Crippen molar-refractivity contribution in [3.63, 3.8) is 0 Å². The Bertz CT molecular complexity index is 752. The molecule has 4 nitrogen and oxygen atoms in total. The van der Waals surface area contributed by atoms with Gasteiger partial charge in [0.05, 0.1) is 3.79 Å². The molecule has 0 aliphatic rings. The topological polar surface area (TPSA) is 63.4 Å². The van der Waals surface area contributed by atoms with Crippen LogP contribution in [0, 0.1) is 0 Å². The molecule has 0 aliphatic carbocycles. The van der Waals surface area contributed by atoms with E-state index >= 15 is 0 Å². The maximum absolute atomic E-state index is 12.7. The molecule has 9 heteroatoms. The van der Waals surface area contributed by atoms with Gasteiger partial charge >= 0.3 is 0 Å². The molecule has 0 radical (unpaired) electrons. The minimum atomic E-state index is -3.63. The number of nitrogens with two attached hydrogens (primary N) is 1. The van der Waals surface area contributed by atoms with E-state index < -0.39 is 10.0 Å². The van der Waals surface area contributed by atoms with E-state index in [9.17, 15) is 8.42 Å². The van der Waals surface area contributed by atoms with Crippen molar-refractivity contribution in [2.45, 2.75) is 11.4 Å². The first-order chi connectivity index (χ1) is 9.71. The van der Waals surface area contributed by atoms with Crippen LogP contribution in [0.3, 0.4) is 0 Å². The molecule has 2 rings (SSSR count). The van der Waals surface area contributed by atoms with E-state index in [4.69, 9.17) is 5.73 Å². The van der Waals surface area contributed by atoms with E-state index in [2.05, 4.69) is 47.8 Å². The predicted octanol–water partition coefficient (Wildman–Crippen LogP) is 4.44. The molecule has 2 N–H and O–H groups in total. The largest absolute Gasteiger partial charge is 0.399 e. The fraction of sp³-hybridized carbons (Fsp3) is 0.167. The van der Waals surface area contributed by atoms with Crippen molar-refractivity contribution in [1.82, 2.24) is 4.31 Å². The molecule has 1 aromatic heterocycles. The molecule has 0 atom stereocenters. The van der Waals surface area contributed by atoms with Gasteiger partial charge in [0.15, 0.2) is 0 Å². The number of hydrogen-bond donors (Lipinski definition) is 1. The molecule has 0 aliphatic heterocycles. The highest BCUT2D eigenvalue weighted by molar-refractivity contribution is 9.11. The molecule has 0 bridgehead atoms. The van der Waals surface area contributed by atoms with Crippen LogP contribution in [-0.4, -0.2) is 19.8 Å². The van der Waals surface area contributed by atoms with E-state index in [1.807, 2.05) is 11.4 Å². The molecule has 0 spiro atoms. The Morgan fingerprint density at radius 3 is 2.24 bits per heavy atom. The number of hydrogen-bond acceptors (Lipinski definition) is 4.